The summed E-state index contributed by atoms with van der Waals surface area (Å²) in [6.07, 6.45) is 0.989. The molecule has 0 saturated carbocycles. The van der Waals surface area contributed by atoms with Gasteiger partial charge in [-0.1, -0.05) is 0 Å². The van der Waals surface area contributed by atoms with Crippen molar-refractivity contribution in [3.63, 3.8) is 0 Å². The van der Waals surface area contributed by atoms with Crippen LogP contribution >= 0.6 is 11.3 Å². The predicted molar refractivity (Wildman–Crippen MR) is 73.4 cm³/mol. The molecular weight excluding hydrogens is 282 g/mol. The van der Waals surface area contributed by atoms with Crippen LogP contribution in [0.1, 0.15) is 32.7 Å². The van der Waals surface area contributed by atoms with Crippen LogP contribution in [0.3, 0.4) is 0 Å². The molecule has 0 aromatic carbocycles. The van der Waals surface area contributed by atoms with Gasteiger partial charge in [-0.2, -0.15) is 0 Å². The number of carbonyl (C=O) groups excluding carboxylic acids is 1. The van der Waals surface area contributed by atoms with Gasteiger partial charge in [0.1, 0.15) is 4.88 Å². The van der Waals surface area contributed by atoms with Gasteiger partial charge in [-0.05, 0) is 25.5 Å². The second kappa shape index (κ2) is 6.83. The topological polar surface area (TPSA) is 84.9 Å². The number of hydrogen-bond acceptors (Lipinski definition) is 5. The van der Waals surface area contributed by atoms with E-state index in [1.165, 1.54) is 12.1 Å². The van der Waals surface area contributed by atoms with Crippen molar-refractivity contribution in [2.24, 2.45) is 0 Å². The Labute approximate surface area is 120 Å². The number of rotatable bonds is 6. The molecular formula is C13H17NO5S. The monoisotopic (exact) mass is 299 g/mol. The van der Waals surface area contributed by atoms with Crippen LogP contribution in [0, 0.1) is 0 Å². The second-order valence-electron chi connectivity index (χ2n) is 4.66. The third-order valence-corrected chi connectivity index (χ3v) is 3.96. The van der Waals surface area contributed by atoms with Gasteiger partial charge in [0.2, 0.25) is 0 Å². The zero-order valence-corrected chi connectivity index (χ0v) is 11.9. The van der Waals surface area contributed by atoms with Crippen LogP contribution in [-0.2, 0) is 9.47 Å². The largest absolute Gasteiger partial charge is 0.477 e. The first-order valence-corrected chi connectivity index (χ1v) is 7.21. The van der Waals surface area contributed by atoms with Crippen molar-refractivity contribution in [3.8, 4) is 0 Å². The van der Waals surface area contributed by atoms with E-state index >= 15 is 0 Å². The van der Waals surface area contributed by atoms with E-state index in [1.54, 1.807) is 0 Å². The van der Waals surface area contributed by atoms with Gasteiger partial charge in [0.25, 0.3) is 5.91 Å². The molecule has 0 spiro atoms. The number of carboxylic acid groups (broad SMARTS) is 1. The summed E-state index contributed by atoms with van der Waals surface area (Å²) in [5.74, 6) is -1.30. The molecule has 2 heterocycles. The summed E-state index contributed by atoms with van der Waals surface area (Å²) < 4.78 is 10.8. The molecule has 6 nitrogen and oxygen atoms in total. The fraction of sp³-hybridized carbons (Fsp3) is 0.538. The fourth-order valence-electron chi connectivity index (χ4n) is 1.84. The fourth-order valence-corrected chi connectivity index (χ4v) is 2.58. The summed E-state index contributed by atoms with van der Waals surface area (Å²) >= 11 is 0.962. The van der Waals surface area contributed by atoms with Crippen LogP contribution in [0.15, 0.2) is 12.1 Å². The number of ether oxygens (including phenoxy) is 2. The van der Waals surface area contributed by atoms with Crippen molar-refractivity contribution in [2.45, 2.75) is 25.5 Å². The summed E-state index contributed by atoms with van der Waals surface area (Å²) in [6, 6.07) is 2.80. The minimum atomic E-state index is -1.02. The maximum Gasteiger partial charge on any atom is 0.345 e. The zero-order valence-electron chi connectivity index (χ0n) is 11.1. The molecule has 0 radical (unpaired) electrons. The number of amides is 1. The molecule has 20 heavy (non-hydrogen) atoms. The van der Waals surface area contributed by atoms with Crippen molar-refractivity contribution in [3.05, 3.63) is 21.9 Å². The first-order chi connectivity index (χ1) is 9.56. The lowest BCUT2D eigenvalue weighted by Gasteiger charge is -2.16. The van der Waals surface area contributed by atoms with Crippen molar-refractivity contribution >= 4 is 23.2 Å². The maximum absolute atomic E-state index is 11.9. The molecule has 0 aliphatic carbocycles. The van der Waals surface area contributed by atoms with Crippen LogP contribution < -0.4 is 5.32 Å². The number of carboxylic acids is 1. The SMILES string of the molecule is CC(COC1CCOC1)NC(=O)c1ccc(C(=O)O)s1. The Balaban J connectivity index is 1.78. The number of aromatic carboxylic acids is 1. The first-order valence-electron chi connectivity index (χ1n) is 6.39. The third kappa shape index (κ3) is 4.03. The van der Waals surface area contributed by atoms with Crippen molar-refractivity contribution in [1.29, 1.82) is 0 Å². The quantitative estimate of drug-likeness (QED) is 0.828. The molecule has 7 heteroatoms. The van der Waals surface area contributed by atoms with E-state index in [-0.39, 0.29) is 22.9 Å². The Morgan fingerprint density at radius 2 is 2.30 bits per heavy atom. The summed E-state index contributed by atoms with van der Waals surface area (Å²) in [7, 11) is 0. The lowest BCUT2D eigenvalue weighted by Crippen LogP contribution is -2.36. The Morgan fingerprint density at radius 1 is 1.55 bits per heavy atom. The molecule has 1 saturated heterocycles. The predicted octanol–water partition coefficient (Wildman–Crippen LogP) is 1.37. The van der Waals surface area contributed by atoms with Crippen molar-refractivity contribution in [2.75, 3.05) is 19.8 Å². The van der Waals surface area contributed by atoms with E-state index in [0.29, 0.717) is 18.1 Å². The average molecular weight is 299 g/mol. The van der Waals surface area contributed by atoms with Crippen molar-refractivity contribution in [1.82, 2.24) is 5.32 Å². The molecule has 110 valence electrons. The van der Waals surface area contributed by atoms with Gasteiger partial charge in [0.15, 0.2) is 0 Å². The maximum atomic E-state index is 11.9. The number of carbonyl (C=O) groups is 2. The van der Waals surface area contributed by atoms with Gasteiger partial charge in [-0.3, -0.25) is 4.79 Å². The Bertz CT molecular complexity index is 481. The summed E-state index contributed by atoms with van der Waals surface area (Å²) in [5.41, 5.74) is 0. The van der Waals surface area contributed by atoms with Gasteiger partial charge in [0.05, 0.1) is 24.2 Å². The summed E-state index contributed by atoms with van der Waals surface area (Å²) in [5, 5.41) is 11.6. The van der Waals surface area contributed by atoms with Gasteiger partial charge in [-0.25, -0.2) is 4.79 Å². The molecule has 0 bridgehead atoms. The van der Waals surface area contributed by atoms with E-state index in [0.717, 1.165) is 24.4 Å². The van der Waals surface area contributed by atoms with E-state index < -0.39 is 5.97 Å². The number of thiophene rings is 1. The zero-order chi connectivity index (χ0) is 14.5. The molecule has 1 aliphatic rings. The minimum Gasteiger partial charge on any atom is -0.477 e. The lowest BCUT2D eigenvalue weighted by molar-refractivity contribution is 0.0319. The molecule has 1 fully saturated rings. The molecule has 2 unspecified atom stereocenters. The van der Waals surface area contributed by atoms with Gasteiger partial charge in [0, 0.05) is 12.6 Å². The van der Waals surface area contributed by atoms with Crippen LogP contribution in [-0.4, -0.2) is 48.9 Å². The highest BCUT2D eigenvalue weighted by atomic mass is 32.1. The minimum absolute atomic E-state index is 0.106. The van der Waals surface area contributed by atoms with E-state index in [2.05, 4.69) is 5.32 Å². The van der Waals surface area contributed by atoms with Crippen LogP contribution in [0.4, 0.5) is 0 Å². The number of hydrogen-bond donors (Lipinski definition) is 2. The van der Waals surface area contributed by atoms with Crippen LogP contribution in [0.5, 0.6) is 0 Å². The highest BCUT2D eigenvalue weighted by Crippen LogP contribution is 2.16. The Kier molecular flexibility index (Phi) is 5.11. The van der Waals surface area contributed by atoms with Crippen LogP contribution in [0.25, 0.3) is 0 Å². The van der Waals surface area contributed by atoms with Crippen LogP contribution in [0.2, 0.25) is 0 Å². The Hall–Kier alpha value is -1.44. The molecule has 1 aliphatic heterocycles. The standard InChI is InChI=1S/C13H17NO5S/c1-8(6-19-9-4-5-18-7-9)14-12(15)10-2-3-11(20-10)13(16)17/h2-3,8-9H,4-7H2,1H3,(H,14,15)(H,16,17). The molecule has 2 rings (SSSR count). The smallest absolute Gasteiger partial charge is 0.345 e. The van der Waals surface area contributed by atoms with Gasteiger partial charge < -0.3 is 19.9 Å². The molecule has 1 aromatic heterocycles. The van der Waals surface area contributed by atoms with Crippen molar-refractivity contribution < 1.29 is 24.2 Å². The average Bonchev–Trinajstić information content (AvgIpc) is 3.07. The lowest BCUT2D eigenvalue weighted by atomic mass is 10.3. The molecule has 1 amide bonds. The van der Waals surface area contributed by atoms with E-state index in [1.807, 2.05) is 6.92 Å². The normalized spacial score (nSPS) is 19.8. The second-order valence-corrected chi connectivity index (χ2v) is 5.75. The number of nitrogens with one attached hydrogen (secondary N) is 1. The van der Waals surface area contributed by atoms with Gasteiger partial charge >= 0.3 is 5.97 Å². The first kappa shape index (κ1) is 15.0. The highest BCUT2D eigenvalue weighted by molar-refractivity contribution is 7.15. The highest BCUT2D eigenvalue weighted by Gasteiger charge is 2.19. The van der Waals surface area contributed by atoms with E-state index in [9.17, 15) is 9.59 Å². The molecule has 2 atom stereocenters. The summed E-state index contributed by atoms with van der Waals surface area (Å²) in [6.45, 7) is 3.59. The Morgan fingerprint density at radius 3 is 2.90 bits per heavy atom. The van der Waals surface area contributed by atoms with E-state index in [4.69, 9.17) is 14.6 Å². The summed E-state index contributed by atoms with van der Waals surface area (Å²) in [4.78, 5) is 23.2. The third-order valence-electron chi connectivity index (χ3n) is 2.89. The van der Waals surface area contributed by atoms with Gasteiger partial charge in [-0.15, -0.1) is 11.3 Å². The molecule has 2 N–H and O–H groups in total. The molecule has 1 aromatic rings.